The smallest absolute Gasteiger partial charge is 0.264 e. The van der Waals surface area contributed by atoms with Gasteiger partial charge in [0.15, 0.2) is 0 Å². The summed E-state index contributed by atoms with van der Waals surface area (Å²) < 4.78 is 34.6. The van der Waals surface area contributed by atoms with Crippen molar-refractivity contribution in [3.05, 3.63) is 90.0 Å². The summed E-state index contributed by atoms with van der Waals surface area (Å²) in [6.07, 6.45) is 0.752. The number of aryl methyl sites for hydroxylation is 1. The SMILES string of the molecule is CCCNC(=O)C(C)N(Cc1cccc(C)c1)C(=O)CN(c1ccccc1OCC)S(=O)(=O)c1ccccc1. The number of carbonyl (C=O) groups excluding carboxylic acids is 2. The average molecular weight is 552 g/mol. The average Bonchev–Trinajstić information content (AvgIpc) is 2.94. The highest BCUT2D eigenvalue weighted by Crippen LogP contribution is 2.32. The van der Waals surface area contributed by atoms with E-state index in [9.17, 15) is 18.0 Å². The topological polar surface area (TPSA) is 96.0 Å². The van der Waals surface area contributed by atoms with Gasteiger partial charge in [0.25, 0.3) is 10.0 Å². The van der Waals surface area contributed by atoms with E-state index in [0.717, 1.165) is 21.9 Å². The summed E-state index contributed by atoms with van der Waals surface area (Å²) in [5, 5.41) is 2.85. The zero-order valence-electron chi connectivity index (χ0n) is 23.0. The van der Waals surface area contributed by atoms with Gasteiger partial charge < -0.3 is 15.0 Å². The van der Waals surface area contributed by atoms with Crippen molar-refractivity contribution in [2.75, 3.05) is 24.0 Å². The molecule has 0 aliphatic heterocycles. The highest BCUT2D eigenvalue weighted by molar-refractivity contribution is 7.92. The van der Waals surface area contributed by atoms with E-state index in [0.29, 0.717) is 18.9 Å². The van der Waals surface area contributed by atoms with E-state index < -0.39 is 28.5 Å². The van der Waals surface area contributed by atoms with Crippen molar-refractivity contribution in [3.8, 4) is 5.75 Å². The normalized spacial score (nSPS) is 11.9. The van der Waals surface area contributed by atoms with Gasteiger partial charge in [-0.3, -0.25) is 13.9 Å². The molecule has 0 fully saturated rings. The van der Waals surface area contributed by atoms with E-state index in [4.69, 9.17) is 4.74 Å². The van der Waals surface area contributed by atoms with Crippen LogP contribution in [0.5, 0.6) is 5.75 Å². The minimum atomic E-state index is -4.16. The number of benzene rings is 3. The summed E-state index contributed by atoms with van der Waals surface area (Å²) in [5.41, 5.74) is 2.10. The van der Waals surface area contributed by atoms with Crippen molar-refractivity contribution >= 4 is 27.5 Å². The van der Waals surface area contributed by atoms with E-state index in [1.165, 1.54) is 17.0 Å². The Hall–Kier alpha value is -3.85. The van der Waals surface area contributed by atoms with Gasteiger partial charge in [-0.05, 0) is 57.0 Å². The number of rotatable bonds is 13. The third-order valence-corrected chi connectivity index (χ3v) is 7.97. The third kappa shape index (κ3) is 7.60. The van der Waals surface area contributed by atoms with Crippen molar-refractivity contribution in [1.29, 1.82) is 0 Å². The van der Waals surface area contributed by atoms with Gasteiger partial charge in [-0.1, -0.05) is 67.1 Å². The van der Waals surface area contributed by atoms with Crippen molar-refractivity contribution in [2.24, 2.45) is 0 Å². The van der Waals surface area contributed by atoms with Crippen LogP contribution in [-0.4, -0.2) is 50.9 Å². The number of hydrogen-bond donors (Lipinski definition) is 1. The number of amides is 2. The molecule has 1 N–H and O–H groups in total. The number of nitrogens with zero attached hydrogens (tertiary/aromatic N) is 2. The zero-order chi connectivity index (χ0) is 28.4. The maximum absolute atomic E-state index is 14.0. The first kappa shape index (κ1) is 29.7. The van der Waals surface area contributed by atoms with E-state index in [1.807, 2.05) is 38.1 Å². The Morgan fingerprint density at radius 1 is 0.949 bits per heavy atom. The first-order chi connectivity index (χ1) is 18.7. The molecule has 0 radical (unpaired) electrons. The van der Waals surface area contributed by atoms with Crippen LogP contribution < -0.4 is 14.4 Å². The van der Waals surface area contributed by atoms with E-state index in [1.54, 1.807) is 56.3 Å². The molecule has 9 heteroatoms. The summed E-state index contributed by atoms with van der Waals surface area (Å²) in [6, 6.07) is 21.5. The van der Waals surface area contributed by atoms with Crippen molar-refractivity contribution < 1.29 is 22.7 Å². The van der Waals surface area contributed by atoms with Crippen molar-refractivity contribution in [2.45, 2.75) is 51.6 Å². The summed E-state index contributed by atoms with van der Waals surface area (Å²) in [5.74, 6) is -0.474. The molecule has 1 atom stereocenters. The number of anilines is 1. The van der Waals surface area contributed by atoms with Crippen LogP contribution >= 0.6 is 0 Å². The fourth-order valence-electron chi connectivity index (χ4n) is 4.16. The third-order valence-electron chi connectivity index (χ3n) is 6.20. The van der Waals surface area contributed by atoms with E-state index in [-0.39, 0.29) is 23.0 Å². The van der Waals surface area contributed by atoms with Crippen molar-refractivity contribution in [3.63, 3.8) is 0 Å². The standard InChI is InChI=1S/C30H37N3O5S/c1-5-19-31-30(35)24(4)32(21-25-14-12-13-23(3)20-25)29(34)22-33(27-17-10-11-18-28(27)38-6-2)39(36,37)26-15-8-7-9-16-26/h7-18,20,24H,5-6,19,21-22H2,1-4H3,(H,31,35). The Bertz CT molecular complexity index is 1360. The molecule has 0 bridgehead atoms. The zero-order valence-corrected chi connectivity index (χ0v) is 23.8. The minimum Gasteiger partial charge on any atom is -0.492 e. The fraction of sp³-hybridized carbons (Fsp3) is 0.333. The number of ether oxygens (including phenoxy) is 1. The molecule has 0 spiro atoms. The van der Waals surface area contributed by atoms with Gasteiger partial charge in [-0.2, -0.15) is 0 Å². The Balaban J connectivity index is 2.06. The summed E-state index contributed by atoms with van der Waals surface area (Å²) in [4.78, 5) is 28.4. The maximum Gasteiger partial charge on any atom is 0.264 e. The molecule has 3 aromatic rings. The molecule has 208 valence electrons. The molecule has 3 aromatic carbocycles. The summed E-state index contributed by atoms with van der Waals surface area (Å²) >= 11 is 0. The predicted octanol–water partition coefficient (Wildman–Crippen LogP) is 4.53. The second-order valence-electron chi connectivity index (χ2n) is 9.20. The van der Waals surface area contributed by atoms with Gasteiger partial charge in [0.05, 0.1) is 17.2 Å². The molecular weight excluding hydrogens is 514 g/mol. The molecule has 3 rings (SSSR count). The van der Waals surface area contributed by atoms with Gasteiger partial charge in [0.1, 0.15) is 18.3 Å². The Labute approximate surface area is 231 Å². The molecule has 2 amide bonds. The number of sulfonamides is 1. The van der Waals surface area contributed by atoms with Crippen LogP contribution in [0.2, 0.25) is 0 Å². The molecule has 8 nitrogen and oxygen atoms in total. The molecule has 0 aromatic heterocycles. The molecule has 0 saturated heterocycles. The number of para-hydroxylation sites is 2. The molecule has 0 heterocycles. The van der Waals surface area contributed by atoms with Crippen LogP contribution in [-0.2, 0) is 26.2 Å². The predicted molar refractivity (Wildman–Crippen MR) is 153 cm³/mol. The monoisotopic (exact) mass is 551 g/mol. The second-order valence-corrected chi connectivity index (χ2v) is 11.1. The second kappa shape index (κ2) is 13.8. The van der Waals surface area contributed by atoms with Crippen molar-refractivity contribution in [1.82, 2.24) is 10.2 Å². The number of nitrogens with one attached hydrogen (secondary N) is 1. The van der Waals surface area contributed by atoms with Gasteiger partial charge >= 0.3 is 0 Å². The quantitative estimate of drug-likeness (QED) is 0.337. The molecule has 39 heavy (non-hydrogen) atoms. The first-order valence-corrected chi connectivity index (χ1v) is 14.5. The summed E-state index contributed by atoms with van der Waals surface area (Å²) in [6.45, 7) is 7.78. The molecule has 0 saturated carbocycles. The van der Waals surface area contributed by atoms with E-state index in [2.05, 4.69) is 5.32 Å². The highest BCUT2D eigenvalue weighted by atomic mass is 32.2. The van der Waals surface area contributed by atoms with Crippen LogP contribution in [0.15, 0.2) is 83.8 Å². The highest BCUT2D eigenvalue weighted by Gasteiger charge is 2.33. The molecule has 0 aliphatic rings. The number of carbonyl (C=O) groups is 2. The lowest BCUT2D eigenvalue weighted by Gasteiger charge is -2.32. The lowest BCUT2D eigenvalue weighted by Crippen LogP contribution is -2.51. The molecular formula is C30H37N3O5S. The van der Waals surface area contributed by atoms with Crippen LogP contribution in [0.1, 0.15) is 38.3 Å². The summed E-state index contributed by atoms with van der Waals surface area (Å²) in [7, 11) is -4.16. The first-order valence-electron chi connectivity index (χ1n) is 13.1. The number of hydrogen-bond acceptors (Lipinski definition) is 5. The van der Waals surface area contributed by atoms with Gasteiger partial charge in [-0.15, -0.1) is 0 Å². The van der Waals surface area contributed by atoms with Gasteiger partial charge in [-0.25, -0.2) is 8.42 Å². The largest absolute Gasteiger partial charge is 0.492 e. The van der Waals surface area contributed by atoms with Crippen LogP contribution in [0.25, 0.3) is 0 Å². The minimum absolute atomic E-state index is 0.0445. The van der Waals surface area contributed by atoms with Gasteiger partial charge in [0.2, 0.25) is 11.8 Å². The maximum atomic E-state index is 14.0. The Morgan fingerprint density at radius 2 is 1.64 bits per heavy atom. The lowest BCUT2D eigenvalue weighted by molar-refractivity contribution is -0.139. The van der Waals surface area contributed by atoms with E-state index >= 15 is 0 Å². The van der Waals surface area contributed by atoms with Crippen LogP contribution in [0, 0.1) is 6.92 Å². The van der Waals surface area contributed by atoms with Crippen LogP contribution in [0.4, 0.5) is 5.69 Å². The lowest BCUT2D eigenvalue weighted by atomic mass is 10.1. The van der Waals surface area contributed by atoms with Gasteiger partial charge in [0, 0.05) is 13.1 Å². The Kier molecular flexibility index (Phi) is 10.5. The van der Waals surface area contributed by atoms with Crippen LogP contribution in [0.3, 0.4) is 0 Å². The Morgan fingerprint density at radius 3 is 2.31 bits per heavy atom. The molecule has 1 unspecified atom stereocenters. The molecule has 0 aliphatic carbocycles. The fourth-order valence-corrected chi connectivity index (χ4v) is 5.61.